The highest BCUT2D eigenvalue weighted by molar-refractivity contribution is 5.91. The number of hydrogen-bond donors (Lipinski definition) is 2. The molecule has 0 spiro atoms. The maximum Gasteiger partial charge on any atom is 0.229 e. The molecule has 0 atom stereocenters. The highest BCUT2D eigenvalue weighted by atomic mass is 19.1. The predicted molar refractivity (Wildman–Crippen MR) is 97.4 cm³/mol. The molecule has 0 fully saturated rings. The molecule has 1 amide bonds. The number of anilines is 3. The highest BCUT2D eigenvalue weighted by Gasteiger charge is 2.05. The minimum atomic E-state index is -0.317. The van der Waals surface area contributed by atoms with E-state index >= 15 is 0 Å². The Kier molecular flexibility index (Phi) is 5.04. The first-order valence-corrected chi connectivity index (χ1v) is 7.92. The van der Waals surface area contributed by atoms with Gasteiger partial charge in [0.2, 0.25) is 5.91 Å². The standard InChI is InChI=1S/C20H18FN3O/c1-14-3-2-4-17(11-14)23-18-9-10-19(22-13-18)24-20(25)12-15-5-7-16(21)8-6-15/h2-11,13,23H,12H2,1H3,(H,22,24,25). The lowest BCUT2D eigenvalue weighted by atomic mass is 10.1. The van der Waals surface area contributed by atoms with Gasteiger partial charge in [-0.3, -0.25) is 4.79 Å². The first-order valence-electron chi connectivity index (χ1n) is 7.92. The quantitative estimate of drug-likeness (QED) is 0.724. The van der Waals surface area contributed by atoms with Gasteiger partial charge in [0.15, 0.2) is 0 Å². The van der Waals surface area contributed by atoms with Crippen LogP contribution in [0.3, 0.4) is 0 Å². The Morgan fingerprint density at radius 1 is 1.04 bits per heavy atom. The number of rotatable bonds is 5. The Hall–Kier alpha value is -3.21. The van der Waals surface area contributed by atoms with Gasteiger partial charge in [0.1, 0.15) is 11.6 Å². The molecule has 25 heavy (non-hydrogen) atoms. The molecule has 0 aliphatic heterocycles. The first kappa shape index (κ1) is 16.6. The van der Waals surface area contributed by atoms with Gasteiger partial charge in [-0.25, -0.2) is 9.37 Å². The van der Waals surface area contributed by atoms with Crippen LogP contribution in [0.25, 0.3) is 0 Å². The van der Waals surface area contributed by atoms with Crippen molar-refractivity contribution < 1.29 is 9.18 Å². The van der Waals surface area contributed by atoms with E-state index in [1.54, 1.807) is 24.4 Å². The van der Waals surface area contributed by atoms with Crippen LogP contribution in [0.15, 0.2) is 66.9 Å². The second kappa shape index (κ2) is 7.57. The van der Waals surface area contributed by atoms with Gasteiger partial charge in [-0.1, -0.05) is 24.3 Å². The molecule has 1 aromatic heterocycles. The topological polar surface area (TPSA) is 54.0 Å². The summed E-state index contributed by atoms with van der Waals surface area (Å²) in [5, 5.41) is 5.99. The largest absolute Gasteiger partial charge is 0.354 e. The molecule has 126 valence electrons. The fraction of sp³-hybridized carbons (Fsp3) is 0.100. The maximum absolute atomic E-state index is 12.9. The summed E-state index contributed by atoms with van der Waals surface area (Å²) >= 11 is 0. The number of amides is 1. The summed E-state index contributed by atoms with van der Waals surface area (Å²) in [5.74, 6) is -0.0390. The van der Waals surface area contributed by atoms with Crippen molar-refractivity contribution in [3.05, 3.63) is 83.8 Å². The third kappa shape index (κ3) is 4.88. The number of benzene rings is 2. The van der Waals surface area contributed by atoms with E-state index in [-0.39, 0.29) is 18.1 Å². The summed E-state index contributed by atoms with van der Waals surface area (Å²) in [5.41, 5.74) is 3.73. The summed E-state index contributed by atoms with van der Waals surface area (Å²) in [6.07, 6.45) is 1.83. The molecular formula is C20H18FN3O. The monoisotopic (exact) mass is 335 g/mol. The van der Waals surface area contributed by atoms with Crippen LogP contribution in [0.1, 0.15) is 11.1 Å². The summed E-state index contributed by atoms with van der Waals surface area (Å²) < 4.78 is 12.9. The molecule has 2 aromatic carbocycles. The van der Waals surface area contributed by atoms with Crippen LogP contribution in [-0.2, 0) is 11.2 Å². The molecule has 0 saturated carbocycles. The van der Waals surface area contributed by atoms with Crippen LogP contribution in [0.4, 0.5) is 21.6 Å². The number of pyridine rings is 1. The number of nitrogens with one attached hydrogen (secondary N) is 2. The van der Waals surface area contributed by atoms with Gasteiger partial charge in [0, 0.05) is 5.69 Å². The third-order valence-electron chi connectivity index (χ3n) is 3.62. The van der Waals surface area contributed by atoms with E-state index in [9.17, 15) is 9.18 Å². The van der Waals surface area contributed by atoms with Crippen LogP contribution >= 0.6 is 0 Å². The van der Waals surface area contributed by atoms with Gasteiger partial charge in [-0.2, -0.15) is 0 Å². The maximum atomic E-state index is 12.9. The molecule has 0 bridgehead atoms. The van der Waals surface area contributed by atoms with Gasteiger partial charge < -0.3 is 10.6 Å². The molecule has 0 aliphatic rings. The lowest BCUT2D eigenvalue weighted by Crippen LogP contribution is -2.15. The molecule has 3 aromatic rings. The van der Waals surface area contributed by atoms with Crippen LogP contribution in [-0.4, -0.2) is 10.9 Å². The van der Waals surface area contributed by atoms with Gasteiger partial charge in [-0.05, 0) is 54.4 Å². The number of nitrogens with zero attached hydrogens (tertiary/aromatic N) is 1. The van der Waals surface area contributed by atoms with Crippen molar-refractivity contribution in [2.45, 2.75) is 13.3 Å². The van der Waals surface area contributed by atoms with Gasteiger partial charge in [-0.15, -0.1) is 0 Å². The van der Waals surface area contributed by atoms with Crippen molar-refractivity contribution in [1.29, 1.82) is 0 Å². The molecule has 3 rings (SSSR count). The summed E-state index contributed by atoms with van der Waals surface area (Å²) in [7, 11) is 0. The third-order valence-corrected chi connectivity index (χ3v) is 3.62. The fourth-order valence-electron chi connectivity index (χ4n) is 2.41. The Balaban J connectivity index is 1.58. The first-order chi connectivity index (χ1) is 12.1. The number of halogens is 1. The van der Waals surface area contributed by atoms with Crippen molar-refractivity contribution in [3.63, 3.8) is 0 Å². The number of carbonyl (C=O) groups is 1. The molecule has 2 N–H and O–H groups in total. The molecule has 1 heterocycles. The molecule has 0 radical (unpaired) electrons. The number of aryl methyl sites for hydroxylation is 1. The van der Waals surface area contributed by atoms with Gasteiger partial charge >= 0.3 is 0 Å². The normalized spacial score (nSPS) is 10.3. The van der Waals surface area contributed by atoms with Crippen molar-refractivity contribution in [2.75, 3.05) is 10.6 Å². The summed E-state index contributed by atoms with van der Waals surface area (Å²) in [4.78, 5) is 16.3. The average molecular weight is 335 g/mol. The van der Waals surface area contributed by atoms with Crippen molar-refractivity contribution >= 4 is 23.1 Å². The molecule has 4 nitrogen and oxygen atoms in total. The number of aromatic nitrogens is 1. The zero-order valence-corrected chi connectivity index (χ0v) is 13.8. The number of hydrogen-bond acceptors (Lipinski definition) is 3. The van der Waals surface area contributed by atoms with E-state index in [1.165, 1.54) is 17.7 Å². The predicted octanol–water partition coefficient (Wildman–Crippen LogP) is 4.45. The van der Waals surface area contributed by atoms with E-state index in [1.807, 2.05) is 37.3 Å². The van der Waals surface area contributed by atoms with Gasteiger partial charge in [0.25, 0.3) is 0 Å². The van der Waals surface area contributed by atoms with Crippen LogP contribution in [0.5, 0.6) is 0 Å². The molecule has 0 aliphatic carbocycles. The zero-order valence-electron chi connectivity index (χ0n) is 13.8. The number of carbonyl (C=O) groups excluding carboxylic acids is 1. The second-order valence-corrected chi connectivity index (χ2v) is 5.78. The Labute approximate surface area is 145 Å². The smallest absolute Gasteiger partial charge is 0.229 e. The van der Waals surface area contributed by atoms with Crippen molar-refractivity contribution in [2.24, 2.45) is 0 Å². The zero-order chi connectivity index (χ0) is 17.6. The summed E-state index contributed by atoms with van der Waals surface area (Å²) in [6, 6.07) is 17.5. The SMILES string of the molecule is Cc1cccc(Nc2ccc(NC(=O)Cc3ccc(F)cc3)nc2)c1. The minimum Gasteiger partial charge on any atom is -0.354 e. The van der Waals surface area contributed by atoms with Crippen LogP contribution in [0.2, 0.25) is 0 Å². The molecule has 0 unspecified atom stereocenters. The molecule has 5 heteroatoms. The minimum absolute atomic E-state index is 0.172. The lowest BCUT2D eigenvalue weighted by molar-refractivity contribution is -0.115. The Bertz CT molecular complexity index is 861. The Morgan fingerprint density at radius 3 is 2.52 bits per heavy atom. The van der Waals surface area contributed by atoms with E-state index < -0.39 is 0 Å². The second-order valence-electron chi connectivity index (χ2n) is 5.78. The Morgan fingerprint density at radius 2 is 1.84 bits per heavy atom. The van der Waals surface area contributed by atoms with E-state index in [4.69, 9.17) is 0 Å². The average Bonchev–Trinajstić information content (AvgIpc) is 2.59. The van der Waals surface area contributed by atoms with Crippen LogP contribution in [0, 0.1) is 12.7 Å². The van der Waals surface area contributed by atoms with Gasteiger partial charge in [0.05, 0.1) is 18.3 Å². The van der Waals surface area contributed by atoms with E-state index in [0.717, 1.165) is 16.9 Å². The molecule has 0 saturated heterocycles. The molecular weight excluding hydrogens is 317 g/mol. The fourth-order valence-corrected chi connectivity index (χ4v) is 2.41. The van der Waals surface area contributed by atoms with E-state index in [2.05, 4.69) is 15.6 Å². The van der Waals surface area contributed by atoms with Crippen molar-refractivity contribution in [1.82, 2.24) is 4.98 Å². The highest BCUT2D eigenvalue weighted by Crippen LogP contribution is 2.18. The summed E-state index contributed by atoms with van der Waals surface area (Å²) in [6.45, 7) is 2.03. The van der Waals surface area contributed by atoms with Crippen molar-refractivity contribution in [3.8, 4) is 0 Å². The van der Waals surface area contributed by atoms with E-state index in [0.29, 0.717) is 5.82 Å². The lowest BCUT2D eigenvalue weighted by Gasteiger charge is -2.08. The van der Waals surface area contributed by atoms with Crippen LogP contribution < -0.4 is 10.6 Å².